The molecule has 0 rings (SSSR count). The van der Waals surface area contributed by atoms with Crippen LogP contribution in [0.5, 0.6) is 0 Å². The first-order valence-corrected chi connectivity index (χ1v) is 10.6. The predicted molar refractivity (Wildman–Crippen MR) is 104 cm³/mol. The van der Waals surface area contributed by atoms with E-state index in [9.17, 15) is 4.79 Å². The summed E-state index contributed by atoms with van der Waals surface area (Å²) in [6.07, 6.45) is 19.0. The molecule has 5 heteroatoms. The second-order valence-corrected chi connectivity index (χ2v) is 7.22. The molecule has 26 heavy (non-hydrogen) atoms. The topological polar surface area (TPSA) is 66.8 Å². The van der Waals surface area contributed by atoms with Crippen molar-refractivity contribution in [3.05, 3.63) is 0 Å². The van der Waals surface area contributed by atoms with E-state index in [0.717, 1.165) is 12.8 Å². The summed E-state index contributed by atoms with van der Waals surface area (Å²) in [5.74, 6) is -0.276. The van der Waals surface area contributed by atoms with Gasteiger partial charge in [-0.3, -0.25) is 4.79 Å². The second-order valence-electron chi connectivity index (χ2n) is 7.22. The summed E-state index contributed by atoms with van der Waals surface area (Å²) in [6.45, 7) is 1.79. The third kappa shape index (κ3) is 22.4. The van der Waals surface area contributed by atoms with E-state index in [1.54, 1.807) is 0 Å². The number of hydrogen-bond acceptors (Lipinski definition) is 4. The summed E-state index contributed by atoms with van der Waals surface area (Å²) in [7, 11) is 0. The molecule has 0 amide bonds. The molecule has 0 bridgehead atoms. The van der Waals surface area contributed by atoms with Gasteiger partial charge in [-0.1, -0.05) is 96.8 Å². The fraction of sp³-hybridized carbons (Fsp3) is 0.952. The van der Waals surface area contributed by atoms with Crippen LogP contribution in [0, 0.1) is 0 Å². The minimum Gasteiger partial charge on any atom is -0.463 e. The molecule has 0 radical (unpaired) electrons. The third-order valence-electron chi connectivity index (χ3n) is 4.63. The van der Waals surface area contributed by atoms with Crippen LogP contribution in [-0.2, 0) is 9.53 Å². The van der Waals surface area contributed by atoms with E-state index >= 15 is 0 Å². The Bertz CT molecular complexity index is 287. The van der Waals surface area contributed by atoms with Crippen LogP contribution in [0.1, 0.15) is 110 Å². The smallest absolute Gasteiger partial charge is 0.463 e. The largest absolute Gasteiger partial charge is 1.00 e. The van der Waals surface area contributed by atoms with Crippen LogP contribution < -0.4 is 29.6 Å². The number of ether oxygens (including phenoxy) is 1. The van der Waals surface area contributed by atoms with E-state index in [1.807, 2.05) is 0 Å². The Balaban J connectivity index is 0. The first-order valence-electron chi connectivity index (χ1n) is 10.6. The SMILES string of the molecule is CCCCCCCCCCCCCCCCCC(=O)OCC(O)CO.[Na+]. The number of aliphatic hydroxyl groups is 2. The first kappa shape index (κ1) is 28.6. The molecule has 0 heterocycles. The molecule has 0 aliphatic heterocycles. The van der Waals surface area contributed by atoms with Crippen molar-refractivity contribution in [2.45, 2.75) is 116 Å². The molecule has 0 saturated carbocycles. The Labute approximate surface area is 183 Å². The van der Waals surface area contributed by atoms with Gasteiger partial charge in [0.2, 0.25) is 0 Å². The van der Waals surface area contributed by atoms with Crippen LogP contribution in [0.15, 0.2) is 0 Å². The van der Waals surface area contributed by atoms with E-state index in [0.29, 0.717) is 6.42 Å². The van der Waals surface area contributed by atoms with Gasteiger partial charge in [-0.25, -0.2) is 0 Å². The van der Waals surface area contributed by atoms with Crippen molar-refractivity contribution >= 4 is 5.97 Å². The average Bonchev–Trinajstić information content (AvgIpc) is 2.62. The number of rotatable bonds is 19. The Kier molecular flexibility index (Phi) is 25.8. The molecule has 1 unspecified atom stereocenters. The number of esters is 1. The van der Waals surface area contributed by atoms with E-state index in [1.165, 1.54) is 83.5 Å². The Morgan fingerprint density at radius 1 is 0.769 bits per heavy atom. The van der Waals surface area contributed by atoms with E-state index in [4.69, 9.17) is 14.9 Å². The van der Waals surface area contributed by atoms with Crippen molar-refractivity contribution in [3.63, 3.8) is 0 Å². The maximum absolute atomic E-state index is 11.4. The molecular formula is C21H42NaO4+. The van der Waals surface area contributed by atoms with Gasteiger partial charge in [0.05, 0.1) is 6.61 Å². The van der Waals surface area contributed by atoms with Crippen molar-refractivity contribution in [1.29, 1.82) is 0 Å². The van der Waals surface area contributed by atoms with Crippen LogP contribution in [-0.4, -0.2) is 35.5 Å². The summed E-state index contributed by atoms with van der Waals surface area (Å²) in [6, 6.07) is 0. The molecule has 0 saturated heterocycles. The number of carbonyl (C=O) groups is 1. The fourth-order valence-corrected chi connectivity index (χ4v) is 2.95. The predicted octanol–water partition coefficient (Wildman–Crippen LogP) is 2.15. The van der Waals surface area contributed by atoms with E-state index in [-0.39, 0.29) is 48.7 Å². The maximum atomic E-state index is 11.4. The number of aliphatic hydroxyl groups excluding tert-OH is 2. The Morgan fingerprint density at radius 3 is 1.54 bits per heavy atom. The van der Waals surface area contributed by atoms with Crippen LogP contribution in [0.3, 0.4) is 0 Å². The van der Waals surface area contributed by atoms with Gasteiger partial charge in [-0.05, 0) is 6.42 Å². The molecule has 0 aromatic heterocycles. The molecule has 1 atom stereocenters. The van der Waals surface area contributed by atoms with Crippen molar-refractivity contribution in [2.24, 2.45) is 0 Å². The monoisotopic (exact) mass is 381 g/mol. The van der Waals surface area contributed by atoms with Gasteiger partial charge in [0.1, 0.15) is 12.7 Å². The standard InChI is InChI=1S/C21H42O4.Na/c1-2-3-4-5-6-7-8-9-10-11-12-13-14-15-16-17-21(24)25-19-20(23)18-22;/h20,22-23H,2-19H2,1H3;/q;+1. The Hall–Kier alpha value is 0.390. The van der Waals surface area contributed by atoms with Gasteiger partial charge >= 0.3 is 35.5 Å². The van der Waals surface area contributed by atoms with Gasteiger partial charge in [0.15, 0.2) is 0 Å². The van der Waals surface area contributed by atoms with Crippen LogP contribution >= 0.6 is 0 Å². The minimum absolute atomic E-state index is 0. The average molecular weight is 382 g/mol. The van der Waals surface area contributed by atoms with Gasteiger partial charge in [0, 0.05) is 6.42 Å². The van der Waals surface area contributed by atoms with Crippen molar-refractivity contribution in [2.75, 3.05) is 13.2 Å². The van der Waals surface area contributed by atoms with Crippen molar-refractivity contribution in [1.82, 2.24) is 0 Å². The van der Waals surface area contributed by atoms with Crippen LogP contribution in [0.4, 0.5) is 0 Å². The Morgan fingerprint density at radius 2 is 1.15 bits per heavy atom. The van der Waals surface area contributed by atoms with Gasteiger partial charge < -0.3 is 14.9 Å². The number of hydrogen-bond donors (Lipinski definition) is 2. The first-order chi connectivity index (χ1) is 12.2. The van der Waals surface area contributed by atoms with Gasteiger partial charge in [-0.15, -0.1) is 0 Å². The minimum atomic E-state index is -0.954. The molecule has 0 spiro atoms. The molecule has 0 fully saturated rings. The van der Waals surface area contributed by atoms with Gasteiger partial charge in [-0.2, -0.15) is 0 Å². The van der Waals surface area contributed by atoms with E-state index in [2.05, 4.69) is 6.92 Å². The zero-order valence-electron chi connectivity index (χ0n) is 17.5. The fourth-order valence-electron chi connectivity index (χ4n) is 2.95. The van der Waals surface area contributed by atoms with Crippen molar-refractivity contribution < 1.29 is 49.3 Å². The maximum Gasteiger partial charge on any atom is 1.00 e. The number of unbranched alkanes of at least 4 members (excludes halogenated alkanes) is 14. The molecule has 2 N–H and O–H groups in total. The summed E-state index contributed by atoms with van der Waals surface area (Å²) in [4.78, 5) is 11.4. The summed E-state index contributed by atoms with van der Waals surface area (Å²) in [5, 5.41) is 17.7. The summed E-state index contributed by atoms with van der Waals surface area (Å²) >= 11 is 0. The quantitative estimate of drug-likeness (QED) is 0.204. The summed E-state index contributed by atoms with van der Waals surface area (Å²) in [5.41, 5.74) is 0. The molecular weight excluding hydrogens is 339 g/mol. The van der Waals surface area contributed by atoms with Gasteiger partial charge in [0.25, 0.3) is 0 Å². The molecule has 4 nitrogen and oxygen atoms in total. The van der Waals surface area contributed by atoms with Crippen LogP contribution in [0.25, 0.3) is 0 Å². The molecule has 0 aromatic carbocycles. The summed E-state index contributed by atoms with van der Waals surface area (Å²) < 4.78 is 4.86. The van der Waals surface area contributed by atoms with Crippen molar-refractivity contribution in [3.8, 4) is 0 Å². The number of carbonyl (C=O) groups excluding carboxylic acids is 1. The van der Waals surface area contributed by atoms with E-state index < -0.39 is 6.10 Å². The molecule has 0 aliphatic rings. The molecule has 0 aromatic rings. The molecule has 0 aliphatic carbocycles. The second kappa shape index (κ2) is 23.4. The zero-order valence-corrected chi connectivity index (χ0v) is 19.5. The third-order valence-corrected chi connectivity index (χ3v) is 4.63. The normalized spacial score (nSPS) is 11.8. The molecule has 150 valence electrons. The zero-order chi connectivity index (χ0) is 18.6. The van der Waals surface area contributed by atoms with Crippen LogP contribution in [0.2, 0.25) is 0 Å².